The van der Waals surface area contributed by atoms with Gasteiger partial charge in [-0.25, -0.2) is 4.98 Å². The number of nitrogens with one attached hydrogen (secondary N) is 1. The molecular formula is C17H13Cl2N3O2S. The van der Waals surface area contributed by atoms with E-state index in [0.29, 0.717) is 16.1 Å². The molecule has 0 unspecified atom stereocenters. The van der Waals surface area contributed by atoms with Crippen molar-refractivity contribution in [3.63, 3.8) is 0 Å². The minimum Gasteiger partial charge on any atom is -0.323 e. The number of fused-ring (bicyclic) bond motifs is 3. The van der Waals surface area contributed by atoms with Crippen molar-refractivity contribution in [2.75, 3.05) is 5.32 Å². The molecule has 128 valence electrons. The van der Waals surface area contributed by atoms with Gasteiger partial charge in [-0.1, -0.05) is 29.3 Å². The van der Waals surface area contributed by atoms with Gasteiger partial charge in [0.25, 0.3) is 5.56 Å². The molecule has 0 saturated heterocycles. The van der Waals surface area contributed by atoms with E-state index >= 15 is 0 Å². The first kappa shape index (κ1) is 16.6. The lowest BCUT2D eigenvalue weighted by Gasteiger charge is -2.09. The van der Waals surface area contributed by atoms with E-state index in [4.69, 9.17) is 23.2 Å². The second-order valence-electron chi connectivity index (χ2n) is 5.86. The van der Waals surface area contributed by atoms with Crippen LogP contribution >= 0.6 is 34.5 Å². The minimum atomic E-state index is -0.362. The normalized spacial score (nSPS) is 13.2. The van der Waals surface area contributed by atoms with Crippen molar-refractivity contribution in [2.24, 2.45) is 0 Å². The van der Waals surface area contributed by atoms with Crippen LogP contribution in [0.4, 0.5) is 5.69 Å². The van der Waals surface area contributed by atoms with Gasteiger partial charge in [-0.15, -0.1) is 11.3 Å². The van der Waals surface area contributed by atoms with E-state index in [0.717, 1.165) is 29.7 Å². The van der Waals surface area contributed by atoms with Crippen LogP contribution in [0.15, 0.2) is 29.3 Å². The highest BCUT2D eigenvalue weighted by Crippen LogP contribution is 2.34. The first-order chi connectivity index (χ1) is 12.0. The molecule has 3 aromatic rings. The van der Waals surface area contributed by atoms with Crippen LogP contribution in [0.5, 0.6) is 0 Å². The zero-order valence-electron chi connectivity index (χ0n) is 13.0. The number of carbonyl (C=O) groups excluding carboxylic acids is 1. The maximum atomic E-state index is 12.8. The zero-order chi connectivity index (χ0) is 17.6. The topological polar surface area (TPSA) is 64.0 Å². The predicted octanol–water partition coefficient (Wildman–Crippen LogP) is 3.89. The monoisotopic (exact) mass is 393 g/mol. The number of anilines is 1. The average Bonchev–Trinajstić information content (AvgIpc) is 3.15. The molecule has 0 fully saturated rings. The van der Waals surface area contributed by atoms with E-state index in [9.17, 15) is 9.59 Å². The molecule has 1 aliphatic carbocycles. The van der Waals surface area contributed by atoms with Crippen molar-refractivity contribution in [3.05, 3.63) is 55.4 Å². The molecule has 1 amide bonds. The smallest absolute Gasteiger partial charge is 0.262 e. The van der Waals surface area contributed by atoms with Crippen molar-refractivity contribution in [2.45, 2.75) is 25.8 Å². The average molecular weight is 394 g/mol. The molecule has 25 heavy (non-hydrogen) atoms. The molecule has 0 radical (unpaired) electrons. The van der Waals surface area contributed by atoms with Gasteiger partial charge in [-0.3, -0.25) is 14.2 Å². The maximum Gasteiger partial charge on any atom is 0.262 e. The van der Waals surface area contributed by atoms with Gasteiger partial charge in [-0.05, 0) is 37.0 Å². The molecule has 2 aromatic heterocycles. The van der Waals surface area contributed by atoms with Crippen LogP contribution in [0.25, 0.3) is 10.2 Å². The number of hydrogen-bond donors (Lipinski definition) is 1. The molecule has 0 saturated carbocycles. The third kappa shape index (κ3) is 2.94. The molecule has 2 heterocycles. The third-order valence-electron chi connectivity index (χ3n) is 4.23. The summed E-state index contributed by atoms with van der Waals surface area (Å²) in [6.07, 6.45) is 4.40. The Bertz CT molecular complexity index is 1060. The van der Waals surface area contributed by atoms with Gasteiger partial charge in [0.15, 0.2) is 0 Å². The van der Waals surface area contributed by atoms with E-state index in [1.165, 1.54) is 15.8 Å². The maximum absolute atomic E-state index is 12.8. The summed E-state index contributed by atoms with van der Waals surface area (Å²) >= 11 is 13.6. The van der Waals surface area contributed by atoms with Crippen molar-refractivity contribution in [3.8, 4) is 0 Å². The van der Waals surface area contributed by atoms with Crippen LogP contribution in [0.1, 0.15) is 16.9 Å². The lowest BCUT2D eigenvalue weighted by atomic mass is 10.2. The Morgan fingerprint density at radius 2 is 2.16 bits per heavy atom. The molecule has 8 heteroatoms. The predicted molar refractivity (Wildman–Crippen MR) is 101 cm³/mol. The quantitative estimate of drug-likeness (QED) is 0.733. The Labute approximate surface area is 157 Å². The molecule has 0 spiro atoms. The standard InChI is InChI=1S/C17H13Cl2N3O2S/c18-10-4-2-5-11(15(10)19)21-13(23)7-22-8-20-16-14(17(22)24)9-3-1-6-12(9)25-16/h2,4-5,8H,1,3,6-7H2,(H,21,23). The lowest BCUT2D eigenvalue weighted by Crippen LogP contribution is -2.28. The van der Waals surface area contributed by atoms with Gasteiger partial charge in [0, 0.05) is 4.88 Å². The van der Waals surface area contributed by atoms with Crippen LogP contribution in [0, 0.1) is 0 Å². The fourth-order valence-corrected chi connectivity index (χ4v) is 4.64. The van der Waals surface area contributed by atoms with Gasteiger partial charge in [0.2, 0.25) is 5.91 Å². The SMILES string of the molecule is O=C(Cn1cnc2sc3c(c2c1=O)CCC3)Nc1cccc(Cl)c1Cl. The van der Waals surface area contributed by atoms with Crippen LogP contribution in [0.3, 0.4) is 0 Å². The number of hydrogen-bond acceptors (Lipinski definition) is 4. The van der Waals surface area contributed by atoms with E-state index in [2.05, 4.69) is 10.3 Å². The van der Waals surface area contributed by atoms with Gasteiger partial charge >= 0.3 is 0 Å². The number of halogens is 2. The van der Waals surface area contributed by atoms with Crippen LogP contribution in [-0.4, -0.2) is 15.5 Å². The summed E-state index contributed by atoms with van der Waals surface area (Å²) in [6.45, 7) is -0.130. The van der Waals surface area contributed by atoms with Gasteiger partial charge in [0.05, 0.1) is 27.4 Å². The Balaban J connectivity index is 1.62. The van der Waals surface area contributed by atoms with Gasteiger partial charge in [0.1, 0.15) is 11.4 Å². The first-order valence-electron chi connectivity index (χ1n) is 7.78. The summed E-state index contributed by atoms with van der Waals surface area (Å²) in [4.78, 5) is 31.4. The number of aryl methyl sites for hydroxylation is 2. The Morgan fingerprint density at radius 1 is 1.32 bits per heavy atom. The summed E-state index contributed by atoms with van der Waals surface area (Å²) in [5, 5.41) is 3.97. The molecule has 0 aliphatic heterocycles. The van der Waals surface area contributed by atoms with Crippen molar-refractivity contribution in [1.29, 1.82) is 0 Å². The summed E-state index contributed by atoms with van der Waals surface area (Å²) in [5.74, 6) is -0.362. The molecule has 4 rings (SSSR count). The molecule has 0 atom stereocenters. The molecule has 1 N–H and O–H groups in total. The number of nitrogens with zero attached hydrogens (tertiary/aromatic N) is 2. The van der Waals surface area contributed by atoms with E-state index in [-0.39, 0.29) is 23.0 Å². The summed E-state index contributed by atoms with van der Waals surface area (Å²) in [7, 11) is 0. The summed E-state index contributed by atoms with van der Waals surface area (Å²) < 4.78 is 1.33. The van der Waals surface area contributed by atoms with Crippen LogP contribution in [-0.2, 0) is 24.2 Å². The number of benzene rings is 1. The van der Waals surface area contributed by atoms with E-state index in [1.54, 1.807) is 29.5 Å². The van der Waals surface area contributed by atoms with Crippen molar-refractivity contribution < 1.29 is 4.79 Å². The highest BCUT2D eigenvalue weighted by molar-refractivity contribution is 7.18. The van der Waals surface area contributed by atoms with Gasteiger partial charge in [-0.2, -0.15) is 0 Å². The number of carbonyl (C=O) groups is 1. The Hall–Kier alpha value is -1.89. The highest BCUT2D eigenvalue weighted by atomic mass is 35.5. The fraction of sp³-hybridized carbons (Fsp3) is 0.235. The van der Waals surface area contributed by atoms with E-state index < -0.39 is 0 Å². The lowest BCUT2D eigenvalue weighted by molar-refractivity contribution is -0.116. The Morgan fingerprint density at radius 3 is 3.00 bits per heavy atom. The second-order valence-corrected chi connectivity index (χ2v) is 7.73. The summed E-state index contributed by atoms with van der Waals surface area (Å²) in [6, 6.07) is 4.99. The number of amides is 1. The first-order valence-corrected chi connectivity index (χ1v) is 9.35. The fourth-order valence-electron chi connectivity index (χ4n) is 3.08. The Kier molecular flexibility index (Phi) is 4.27. The number of aromatic nitrogens is 2. The second kappa shape index (κ2) is 6.44. The molecule has 5 nitrogen and oxygen atoms in total. The van der Waals surface area contributed by atoms with Crippen LogP contribution < -0.4 is 10.9 Å². The molecule has 0 bridgehead atoms. The van der Waals surface area contributed by atoms with Gasteiger partial charge < -0.3 is 5.32 Å². The van der Waals surface area contributed by atoms with Crippen LogP contribution in [0.2, 0.25) is 10.0 Å². The molecular weight excluding hydrogens is 381 g/mol. The number of rotatable bonds is 3. The molecule has 1 aliphatic rings. The minimum absolute atomic E-state index is 0.130. The van der Waals surface area contributed by atoms with E-state index in [1.807, 2.05) is 0 Å². The third-order valence-corrected chi connectivity index (χ3v) is 6.25. The number of thiophene rings is 1. The largest absolute Gasteiger partial charge is 0.323 e. The van der Waals surface area contributed by atoms with Crippen molar-refractivity contribution >= 4 is 56.3 Å². The zero-order valence-corrected chi connectivity index (χ0v) is 15.3. The van der Waals surface area contributed by atoms with Crippen molar-refractivity contribution in [1.82, 2.24) is 9.55 Å². The molecule has 1 aromatic carbocycles. The highest BCUT2D eigenvalue weighted by Gasteiger charge is 2.21. The summed E-state index contributed by atoms with van der Waals surface area (Å²) in [5.41, 5.74) is 1.35.